The van der Waals surface area contributed by atoms with Crippen LogP contribution in [0.4, 0.5) is 5.69 Å². The van der Waals surface area contributed by atoms with Crippen molar-refractivity contribution < 1.29 is 18.7 Å². The van der Waals surface area contributed by atoms with Crippen LogP contribution in [0, 0.1) is 10.1 Å². The van der Waals surface area contributed by atoms with Crippen LogP contribution >= 0.6 is 0 Å². The Morgan fingerprint density at radius 3 is 2.37 bits per heavy atom. The fraction of sp³-hybridized carbons (Fsp3) is 0.417. The van der Waals surface area contributed by atoms with Gasteiger partial charge in [-0.1, -0.05) is 6.92 Å². The summed E-state index contributed by atoms with van der Waals surface area (Å²) in [4.78, 5) is 22.0. The summed E-state index contributed by atoms with van der Waals surface area (Å²) < 4.78 is 17.1. The van der Waals surface area contributed by atoms with E-state index in [1.54, 1.807) is 13.8 Å². The van der Waals surface area contributed by atoms with Crippen molar-refractivity contribution in [2.24, 2.45) is 0 Å². The molecule has 1 aromatic carbocycles. The van der Waals surface area contributed by atoms with Crippen molar-refractivity contribution >= 4 is 22.5 Å². The number of carbonyl (C=O) groups is 1. The molecule has 0 heterocycles. The molecule has 104 valence electrons. The number of nitro groups is 1. The number of rotatable bonds is 6. The Morgan fingerprint density at radius 1 is 1.37 bits per heavy atom. The van der Waals surface area contributed by atoms with Crippen LogP contribution in [0.25, 0.3) is 0 Å². The number of nitro benzene ring substituents is 1. The standard InChI is InChI=1S/C12H15NO5S/c1-3-11(12(14)18-4-2)19(17)10-7-5-9(6-8-10)13(15)16/h5-8,11H,3-4H2,1-2H3. The molecule has 6 nitrogen and oxygen atoms in total. The SMILES string of the molecule is CCOC(=O)C(CC)S(=O)c1ccc([N+](=O)[O-])cc1. The third-order valence-electron chi connectivity index (χ3n) is 2.46. The minimum Gasteiger partial charge on any atom is -0.465 e. The summed E-state index contributed by atoms with van der Waals surface area (Å²) in [6.45, 7) is 3.65. The van der Waals surface area contributed by atoms with Gasteiger partial charge in [-0.2, -0.15) is 0 Å². The molecule has 7 heteroatoms. The molecule has 0 radical (unpaired) electrons. The molecule has 0 bridgehead atoms. The molecule has 0 saturated carbocycles. The first-order valence-corrected chi connectivity index (χ1v) is 7.04. The Balaban J connectivity index is 2.91. The van der Waals surface area contributed by atoms with Crippen LogP contribution in [-0.4, -0.2) is 27.0 Å². The predicted octanol–water partition coefficient (Wildman–Crippen LogP) is 2.04. The van der Waals surface area contributed by atoms with E-state index >= 15 is 0 Å². The maximum atomic E-state index is 12.2. The normalized spacial score (nSPS) is 13.6. The van der Waals surface area contributed by atoms with Crippen molar-refractivity contribution in [3.8, 4) is 0 Å². The van der Waals surface area contributed by atoms with E-state index in [1.807, 2.05) is 0 Å². The predicted molar refractivity (Wildman–Crippen MR) is 70.2 cm³/mol. The smallest absolute Gasteiger partial charge is 0.322 e. The van der Waals surface area contributed by atoms with Gasteiger partial charge >= 0.3 is 5.97 Å². The lowest BCUT2D eigenvalue weighted by atomic mass is 10.3. The molecule has 0 spiro atoms. The number of hydrogen-bond donors (Lipinski definition) is 0. The first-order chi connectivity index (χ1) is 9.01. The fourth-order valence-electron chi connectivity index (χ4n) is 1.51. The highest BCUT2D eigenvalue weighted by Gasteiger charge is 2.26. The summed E-state index contributed by atoms with van der Waals surface area (Å²) in [5.41, 5.74) is -0.0788. The van der Waals surface area contributed by atoms with Crippen LogP contribution in [0.5, 0.6) is 0 Å². The lowest BCUT2D eigenvalue weighted by molar-refractivity contribution is -0.384. The number of nitrogens with zero attached hydrogens (tertiary/aromatic N) is 1. The maximum Gasteiger partial charge on any atom is 0.322 e. The molecule has 0 saturated heterocycles. The summed E-state index contributed by atoms with van der Waals surface area (Å²) in [6.07, 6.45) is 0.377. The van der Waals surface area contributed by atoms with Gasteiger partial charge in [0.2, 0.25) is 0 Å². The van der Waals surface area contributed by atoms with Crippen molar-refractivity contribution in [1.82, 2.24) is 0 Å². The van der Waals surface area contributed by atoms with Crippen LogP contribution < -0.4 is 0 Å². The van der Waals surface area contributed by atoms with Gasteiger partial charge in [0.1, 0.15) is 5.25 Å². The number of esters is 1. The summed E-state index contributed by atoms with van der Waals surface area (Å²) >= 11 is 0. The Labute approximate surface area is 113 Å². The zero-order chi connectivity index (χ0) is 14.4. The molecule has 0 aliphatic carbocycles. The van der Waals surface area contributed by atoms with E-state index in [4.69, 9.17) is 4.74 Å². The Kier molecular flexibility index (Phi) is 5.62. The summed E-state index contributed by atoms with van der Waals surface area (Å²) in [5, 5.41) is 9.77. The molecule has 0 aromatic heterocycles. The number of benzene rings is 1. The van der Waals surface area contributed by atoms with Crippen LogP contribution in [0.2, 0.25) is 0 Å². The van der Waals surface area contributed by atoms with E-state index in [9.17, 15) is 19.1 Å². The molecular weight excluding hydrogens is 270 g/mol. The van der Waals surface area contributed by atoms with Gasteiger partial charge in [0, 0.05) is 17.0 Å². The minimum atomic E-state index is -1.57. The second-order valence-electron chi connectivity index (χ2n) is 3.70. The van der Waals surface area contributed by atoms with Crippen molar-refractivity contribution in [2.75, 3.05) is 6.61 Å². The van der Waals surface area contributed by atoms with Gasteiger partial charge in [-0.3, -0.25) is 19.1 Å². The molecule has 1 rings (SSSR count). The largest absolute Gasteiger partial charge is 0.465 e. The third kappa shape index (κ3) is 3.85. The number of ether oxygens (including phenoxy) is 1. The quantitative estimate of drug-likeness (QED) is 0.453. The molecule has 2 atom stereocenters. The monoisotopic (exact) mass is 285 g/mol. The van der Waals surface area contributed by atoms with E-state index in [0.29, 0.717) is 11.3 Å². The van der Waals surface area contributed by atoms with E-state index in [2.05, 4.69) is 0 Å². The van der Waals surface area contributed by atoms with Crippen LogP contribution in [0.1, 0.15) is 20.3 Å². The lowest BCUT2D eigenvalue weighted by Crippen LogP contribution is -2.27. The van der Waals surface area contributed by atoms with Crippen LogP contribution in [0.3, 0.4) is 0 Å². The number of carbonyl (C=O) groups excluding carboxylic acids is 1. The minimum absolute atomic E-state index is 0.0788. The molecule has 1 aromatic rings. The van der Waals surface area contributed by atoms with Gasteiger partial charge in [0.05, 0.1) is 22.3 Å². The van der Waals surface area contributed by atoms with Crippen molar-refractivity contribution in [1.29, 1.82) is 0 Å². The number of hydrogen-bond acceptors (Lipinski definition) is 5. The van der Waals surface area contributed by atoms with E-state index < -0.39 is 26.9 Å². The molecule has 0 aliphatic heterocycles. The first kappa shape index (κ1) is 15.3. The summed E-state index contributed by atoms with van der Waals surface area (Å²) in [7, 11) is -1.57. The van der Waals surface area contributed by atoms with Gasteiger partial charge in [-0.05, 0) is 25.5 Å². The van der Waals surface area contributed by atoms with E-state index in [-0.39, 0.29) is 12.3 Å². The molecule has 0 N–H and O–H groups in total. The Bertz CT molecular complexity index is 485. The average Bonchev–Trinajstić information content (AvgIpc) is 2.39. The molecule has 2 unspecified atom stereocenters. The summed E-state index contributed by atoms with van der Waals surface area (Å²) in [6, 6.07) is 5.34. The second kappa shape index (κ2) is 6.98. The van der Waals surface area contributed by atoms with Gasteiger partial charge < -0.3 is 4.74 Å². The molecular formula is C12H15NO5S. The van der Waals surface area contributed by atoms with Crippen molar-refractivity contribution in [3.05, 3.63) is 34.4 Å². The van der Waals surface area contributed by atoms with Gasteiger partial charge in [-0.15, -0.1) is 0 Å². The molecule has 19 heavy (non-hydrogen) atoms. The Morgan fingerprint density at radius 2 is 1.95 bits per heavy atom. The van der Waals surface area contributed by atoms with E-state index in [0.717, 1.165) is 0 Å². The van der Waals surface area contributed by atoms with Crippen LogP contribution in [0.15, 0.2) is 29.2 Å². The lowest BCUT2D eigenvalue weighted by Gasteiger charge is -2.13. The van der Waals surface area contributed by atoms with Gasteiger partial charge in [0.15, 0.2) is 0 Å². The highest BCUT2D eigenvalue weighted by atomic mass is 32.2. The molecule has 0 amide bonds. The topological polar surface area (TPSA) is 86.5 Å². The zero-order valence-electron chi connectivity index (χ0n) is 10.7. The van der Waals surface area contributed by atoms with E-state index in [1.165, 1.54) is 24.3 Å². The first-order valence-electron chi connectivity index (χ1n) is 5.82. The zero-order valence-corrected chi connectivity index (χ0v) is 11.5. The highest BCUT2D eigenvalue weighted by Crippen LogP contribution is 2.19. The summed E-state index contributed by atoms with van der Waals surface area (Å²) in [5.74, 6) is -0.512. The number of non-ortho nitro benzene ring substituents is 1. The van der Waals surface area contributed by atoms with Crippen molar-refractivity contribution in [2.45, 2.75) is 30.4 Å². The van der Waals surface area contributed by atoms with Gasteiger partial charge in [0.25, 0.3) is 5.69 Å². The van der Waals surface area contributed by atoms with Gasteiger partial charge in [-0.25, -0.2) is 0 Å². The molecule has 0 fully saturated rings. The average molecular weight is 285 g/mol. The van der Waals surface area contributed by atoms with Crippen LogP contribution in [-0.2, 0) is 20.3 Å². The second-order valence-corrected chi connectivity index (χ2v) is 5.33. The fourth-order valence-corrected chi connectivity index (χ4v) is 2.79. The maximum absolute atomic E-state index is 12.2. The van der Waals surface area contributed by atoms with Crippen molar-refractivity contribution in [3.63, 3.8) is 0 Å². The Hall–Kier alpha value is -1.76. The highest BCUT2D eigenvalue weighted by molar-refractivity contribution is 7.86. The molecule has 0 aliphatic rings. The third-order valence-corrected chi connectivity index (χ3v) is 4.24.